The summed E-state index contributed by atoms with van der Waals surface area (Å²) < 4.78 is 17.0. The monoisotopic (exact) mass is 432 g/mol. The van der Waals surface area contributed by atoms with Crippen molar-refractivity contribution < 1.29 is 19.0 Å². The molecular weight excluding hydrogens is 404 g/mol. The maximum Gasteiger partial charge on any atom is 0.254 e. The number of nitrogens with zero attached hydrogens (tertiary/aromatic N) is 2. The summed E-state index contributed by atoms with van der Waals surface area (Å²) in [6.07, 6.45) is 5.42. The highest BCUT2D eigenvalue weighted by atomic mass is 16.5. The Bertz CT molecular complexity index is 1040. The van der Waals surface area contributed by atoms with E-state index in [2.05, 4.69) is 4.98 Å². The molecule has 0 spiro atoms. The number of hydrogen-bond acceptors (Lipinski definition) is 5. The average Bonchev–Trinajstić information content (AvgIpc) is 3.33. The van der Waals surface area contributed by atoms with Crippen molar-refractivity contribution in [2.75, 3.05) is 20.3 Å². The Morgan fingerprint density at radius 3 is 2.66 bits per heavy atom. The molecule has 1 aliphatic heterocycles. The first-order chi connectivity index (χ1) is 15.7. The fourth-order valence-corrected chi connectivity index (χ4v) is 4.02. The van der Waals surface area contributed by atoms with E-state index in [1.807, 2.05) is 60.4 Å². The minimum absolute atomic E-state index is 0.00285. The van der Waals surface area contributed by atoms with E-state index < -0.39 is 0 Å². The van der Waals surface area contributed by atoms with Gasteiger partial charge < -0.3 is 19.1 Å². The van der Waals surface area contributed by atoms with Crippen LogP contribution in [0, 0.1) is 0 Å². The van der Waals surface area contributed by atoms with Gasteiger partial charge in [0.2, 0.25) is 0 Å². The Morgan fingerprint density at radius 2 is 1.94 bits per heavy atom. The second-order valence-electron chi connectivity index (χ2n) is 7.67. The molecular formula is C26H28N2O4. The quantitative estimate of drug-likeness (QED) is 0.499. The lowest BCUT2D eigenvalue weighted by molar-refractivity contribution is 0.0735. The zero-order chi connectivity index (χ0) is 22.3. The van der Waals surface area contributed by atoms with Gasteiger partial charge in [0.15, 0.2) is 11.5 Å². The van der Waals surface area contributed by atoms with Gasteiger partial charge in [-0.2, -0.15) is 0 Å². The lowest BCUT2D eigenvalue weighted by Gasteiger charge is -2.26. The van der Waals surface area contributed by atoms with E-state index >= 15 is 0 Å². The van der Waals surface area contributed by atoms with Gasteiger partial charge in [0.25, 0.3) is 5.91 Å². The number of carbonyl (C=O) groups is 1. The third kappa shape index (κ3) is 4.85. The lowest BCUT2D eigenvalue weighted by atomic mass is 10.0. The van der Waals surface area contributed by atoms with Gasteiger partial charge in [-0.3, -0.25) is 9.78 Å². The average molecular weight is 433 g/mol. The molecule has 1 unspecified atom stereocenters. The van der Waals surface area contributed by atoms with Gasteiger partial charge in [-0.05, 0) is 61.7 Å². The van der Waals surface area contributed by atoms with Crippen LogP contribution in [-0.4, -0.2) is 36.1 Å². The molecule has 1 saturated heterocycles. The molecule has 2 heterocycles. The first-order valence-corrected chi connectivity index (χ1v) is 10.9. The van der Waals surface area contributed by atoms with Gasteiger partial charge in [-0.1, -0.05) is 18.2 Å². The van der Waals surface area contributed by atoms with Crippen LogP contribution in [-0.2, 0) is 6.61 Å². The molecule has 0 N–H and O–H groups in total. The van der Waals surface area contributed by atoms with E-state index in [0.29, 0.717) is 30.3 Å². The van der Waals surface area contributed by atoms with Crippen LogP contribution < -0.4 is 14.2 Å². The van der Waals surface area contributed by atoms with Crippen molar-refractivity contribution in [2.45, 2.75) is 32.4 Å². The standard InChI is InChI=1S/C26H28N2O4/c1-3-31-25-16-21(10-13-24(25)32-18-19-6-4-14-27-17-19)26(29)28-15-5-7-23(28)20-8-11-22(30-2)12-9-20/h4,6,8-14,16-17,23H,3,5,7,15,18H2,1-2H3. The first-order valence-electron chi connectivity index (χ1n) is 10.9. The maximum atomic E-state index is 13.4. The smallest absolute Gasteiger partial charge is 0.254 e. The summed E-state index contributed by atoms with van der Waals surface area (Å²) in [5, 5.41) is 0. The van der Waals surface area contributed by atoms with Gasteiger partial charge in [-0.25, -0.2) is 0 Å². The molecule has 1 aromatic heterocycles. The highest BCUT2D eigenvalue weighted by molar-refractivity contribution is 5.95. The molecule has 0 aliphatic carbocycles. The van der Waals surface area contributed by atoms with E-state index in [1.54, 1.807) is 25.6 Å². The van der Waals surface area contributed by atoms with E-state index in [1.165, 1.54) is 0 Å². The van der Waals surface area contributed by atoms with Crippen LogP contribution in [0.1, 0.15) is 47.3 Å². The van der Waals surface area contributed by atoms with Crippen molar-refractivity contribution in [3.8, 4) is 17.2 Å². The van der Waals surface area contributed by atoms with Crippen LogP contribution in [0.15, 0.2) is 67.0 Å². The van der Waals surface area contributed by atoms with E-state index in [4.69, 9.17) is 14.2 Å². The zero-order valence-electron chi connectivity index (χ0n) is 18.5. The van der Waals surface area contributed by atoms with Crippen molar-refractivity contribution in [3.63, 3.8) is 0 Å². The molecule has 6 heteroatoms. The lowest BCUT2D eigenvalue weighted by Crippen LogP contribution is -2.30. The minimum Gasteiger partial charge on any atom is -0.497 e. The van der Waals surface area contributed by atoms with Crippen molar-refractivity contribution in [2.24, 2.45) is 0 Å². The SMILES string of the molecule is CCOc1cc(C(=O)N2CCCC2c2ccc(OC)cc2)ccc1OCc1cccnc1. The molecule has 0 bridgehead atoms. The van der Waals surface area contributed by atoms with Gasteiger partial charge in [0, 0.05) is 30.1 Å². The summed E-state index contributed by atoms with van der Waals surface area (Å²) in [5.41, 5.74) is 2.69. The molecule has 6 nitrogen and oxygen atoms in total. The fourth-order valence-electron chi connectivity index (χ4n) is 4.02. The van der Waals surface area contributed by atoms with Gasteiger partial charge in [0.1, 0.15) is 12.4 Å². The summed E-state index contributed by atoms with van der Waals surface area (Å²) >= 11 is 0. The Morgan fingerprint density at radius 1 is 1.09 bits per heavy atom. The van der Waals surface area contributed by atoms with E-state index in [0.717, 1.165) is 36.3 Å². The van der Waals surface area contributed by atoms with Crippen molar-refractivity contribution in [1.29, 1.82) is 0 Å². The fraction of sp³-hybridized carbons (Fsp3) is 0.308. The van der Waals surface area contributed by atoms with Gasteiger partial charge in [-0.15, -0.1) is 0 Å². The van der Waals surface area contributed by atoms with Crippen molar-refractivity contribution >= 4 is 5.91 Å². The summed E-state index contributed by atoms with van der Waals surface area (Å²) in [6.45, 7) is 3.52. The number of benzene rings is 2. The number of amides is 1. The van der Waals surface area contributed by atoms with Gasteiger partial charge in [0.05, 0.1) is 19.8 Å². The second kappa shape index (κ2) is 10.2. The Balaban J connectivity index is 1.52. The van der Waals surface area contributed by atoms with Crippen LogP contribution in [0.2, 0.25) is 0 Å². The summed E-state index contributed by atoms with van der Waals surface area (Å²) in [5.74, 6) is 2.00. The summed E-state index contributed by atoms with van der Waals surface area (Å²) in [4.78, 5) is 19.5. The molecule has 32 heavy (non-hydrogen) atoms. The normalized spacial score (nSPS) is 15.4. The zero-order valence-corrected chi connectivity index (χ0v) is 18.5. The number of rotatable bonds is 8. The highest BCUT2D eigenvalue weighted by Gasteiger charge is 2.31. The van der Waals surface area contributed by atoms with Crippen LogP contribution in [0.25, 0.3) is 0 Å². The summed E-state index contributed by atoms with van der Waals surface area (Å²) in [7, 11) is 1.65. The van der Waals surface area contributed by atoms with Crippen molar-refractivity contribution in [1.82, 2.24) is 9.88 Å². The number of pyridine rings is 1. The maximum absolute atomic E-state index is 13.4. The van der Waals surface area contributed by atoms with Crippen LogP contribution in [0.3, 0.4) is 0 Å². The Kier molecular flexibility index (Phi) is 6.90. The number of likely N-dealkylation sites (tertiary alicyclic amines) is 1. The number of hydrogen-bond donors (Lipinski definition) is 0. The Labute approximate surface area is 188 Å². The Hall–Kier alpha value is -3.54. The molecule has 4 rings (SSSR count). The molecule has 0 radical (unpaired) electrons. The third-order valence-corrected chi connectivity index (χ3v) is 5.62. The summed E-state index contributed by atoms with van der Waals surface area (Å²) in [6, 6.07) is 17.3. The molecule has 3 aromatic rings. The topological polar surface area (TPSA) is 60.9 Å². The van der Waals surface area contributed by atoms with Crippen LogP contribution in [0.4, 0.5) is 0 Å². The molecule has 2 aromatic carbocycles. The second-order valence-corrected chi connectivity index (χ2v) is 7.67. The predicted octanol–water partition coefficient (Wildman–Crippen LogP) is 5.05. The van der Waals surface area contributed by atoms with Crippen LogP contribution in [0.5, 0.6) is 17.2 Å². The molecule has 166 valence electrons. The van der Waals surface area contributed by atoms with E-state index in [9.17, 15) is 4.79 Å². The number of aromatic nitrogens is 1. The molecule has 0 saturated carbocycles. The molecule has 1 fully saturated rings. The molecule has 1 amide bonds. The minimum atomic E-state index is 0.00285. The highest BCUT2D eigenvalue weighted by Crippen LogP contribution is 2.35. The van der Waals surface area contributed by atoms with Gasteiger partial charge >= 0.3 is 0 Å². The van der Waals surface area contributed by atoms with Crippen molar-refractivity contribution in [3.05, 3.63) is 83.7 Å². The largest absolute Gasteiger partial charge is 0.497 e. The molecule has 1 atom stereocenters. The first kappa shape index (κ1) is 21.7. The molecule has 1 aliphatic rings. The van der Waals surface area contributed by atoms with E-state index in [-0.39, 0.29) is 11.9 Å². The third-order valence-electron chi connectivity index (χ3n) is 5.62. The number of ether oxygens (including phenoxy) is 3. The van der Waals surface area contributed by atoms with Crippen LogP contribution >= 0.6 is 0 Å². The number of carbonyl (C=O) groups excluding carboxylic acids is 1. The number of methoxy groups -OCH3 is 1. The predicted molar refractivity (Wildman–Crippen MR) is 122 cm³/mol.